The summed E-state index contributed by atoms with van der Waals surface area (Å²) in [6, 6.07) is -0.416. The highest BCUT2D eigenvalue weighted by Gasteiger charge is 2.27. The molecule has 1 aliphatic rings. The lowest BCUT2D eigenvalue weighted by atomic mass is 9.91. The number of hydrogen-bond donors (Lipinski definition) is 2. The number of carboxylic acids is 1. The van der Waals surface area contributed by atoms with Crippen molar-refractivity contribution in [1.82, 2.24) is 5.32 Å². The van der Waals surface area contributed by atoms with Gasteiger partial charge in [0, 0.05) is 5.92 Å². The van der Waals surface area contributed by atoms with E-state index < -0.39 is 12.0 Å². The third-order valence-corrected chi connectivity index (χ3v) is 2.08. The molecule has 1 rings (SSSR count). The molecule has 2 unspecified atom stereocenters. The predicted octanol–water partition coefficient (Wildman–Crippen LogP) is 0.625. The highest BCUT2D eigenvalue weighted by Crippen LogP contribution is 2.17. The van der Waals surface area contributed by atoms with Crippen molar-refractivity contribution >= 4 is 5.97 Å². The minimum absolute atomic E-state index is 0.0984. The third-order valence-electron chi connectivity index (χ3n) is 2.08. The molecule has 1 aliphatic heterocycles. The van der Waals surface area contributed by atoms with Gasteiger partial charge in [-0.15, -0.1) is 6.58 Å². The monoisotopic (exact) mass is 155 g/mol. The van der Waals surface area contributed by atoms with Gasteiger partial charge in [-0.05, 0) is 19.4 Å². The molecule has 0 aliphatic carbocycles. The highest BCUT2D eigenvalue weighted by atomic mass is 16.4. The van der Waals surface area contributed by atoms with Crippen LogP contribution in [-0.2, 0) is 4.79 Å². The van der Waals surface area contributed by atoms with E-state index in [4.69, 9.17) is 5.11 Å². The first-order valence-corrected chi connectivity index (χ1v) is 3.84. The maximum absolute atomic E-state index is 10.6. The van der Waals surface area contributed by atoms with E-state index in [0.717, 1.165) is 19.4 Å². The number of carbonyl (C=O) groups is 1. The molecule has 1 saturated heterocycles. The first-order valence-electron chi connectivity index (χ1n) is 3.84. The SMILES string of the molecule is C=CC1CCCNC1C(=O)O. The maximum atomic E-state index is 10.6. The molecule has 0 spiro atoms. The number of rotatable bonds is 2. The zero-order valence-corrected chi connectivity index (χ0v) is 6.42. The van der Waals surface area contributed by atoms with Crippen LogP contribution in [0.5, 0.6) is 0 Å². The lowest BCUT2D eigenvalue weighted by Gasteiger charge is -2.26. The Kier molecular flexibility index (Phi) is 2.65. The highest BCUT2D eigenvalue weighted by molar-refractivity contribution is 5.74. The summed E-state index contributed by atoms with van der Waals surface area (Å²) >= 11 is 0. The summed E-state index contributed by atoms with van der Waals surface area (Å²) in [6.45, 7) is 4.42. The minimum Gasteiger partial charge on any atom is -0.480 e. The molecule has 0 aromatic heterocycles. The summed E-state index contributed by atoms with van der Waals surface area (Å²) in [5.74, 6) is -0.671. The largest absolute Gasteiger partial charge is 0.480 e. The van der Waals surface area contributed by atoms with Gasteiger partial charge in [0.2, 0.25) is 0 Å². The van der Waals surface area contributed by atoms with Crippen LogP contribution in [0.15, 0.2) is 12.7 Å². The molecular weight excluding hydrogens is 142 g/mol. The van der Waals surface area contributed by atoms with Crippen LogP contribution in [0.1, 0.15) is 12.8 Å². The summed E-state index contributed by atoms with van der Waals surface area (Å²) in [5.41, 5.74) is 0. The van der Waals surface area contributed by atoms with Gasteiger partial charge in [0.1, 0.15) is 6.04 Å². The molecule has 0 aromatic rings. The van der Waals surface area contributed by atoms with Crippen LogP contribution < -0.4 is 5.32 Å². The van der Waals surface area contributed by atoms with Gasteiger partial charge in [-0.1, -0.05) is 6.08 Å². The van der Waals surface area contributed by atoms with Gasteiger partial charge >= 0.3 is 5.97 Å². The van der Waals surface area contributed by atoms with E-state index in [1.54, 1.807) is 6.08 Å². The van der Waals surface area contributed by atoms with E-state index >= 15 is 0 Å². The van der Waals surface area contributed by atoms with Crippen molar-refractivity contribution in [3.8, 4) is 0 Å². The molecule has 0 amide bonds. The Hall–Kier alpha value is -0.830. The smallest absolute Gasteiger partial charge is 0.321 e. The van der Waals surface area contributed by atoms with Gasteiger partial charge in [0.15, 0.2) is 0 Å². The summed E-state index contributed by atoms with van der Waals surface area (Å²) in [4.78, 5) is 10.6. The van der Waals surface area contributed by atoms with Gasteiger partial charge in [-0.2, -0.15) is 0 Å². The zero-order chi connectivity index (χ0) is 8.27. The molecule has 62 valence electrons. The molecule has 0 bridgehead atoms. The second-order valence-electron chi connectivity index (χ2n) is 2.81. The predicted molar refractivity (Wildman–Crippen MR) is 42.3 cm³/mol. The Morgan fingerprint density at radius 2 is 2.45 bits per heavy atom. The Bertz CT molecular complexity index is 167. The van der Waals surface area contributed by atoms with Crippen LogP contribution in [0.3, 0.4) is 0 Å². The van der Waals surface area contributed by atoms with Crippen molar-refractivity contribution < 1.29 is 9.90 Å². The quantitative estimate of drug-likeness (QED) is 0.575. The summed E-state index contributed by atoms with van der Waals surface area (Å²) in [7, 11) is 0. The first-order chi connectivity index (χ1) is 5.25. The van der Waals surface area contributed by atoms with E-state index in [1.165, 1.54) is 0 Å². The average Bonchev–Trinajstić information content (AvgIpc) is 2.04. The fraction of sp³-hybridized carbons (Fsp3) is 0.625. The summed E-state index contributed by atoms with van der Waals surface area (Å²) in [5, 5.41) is 11.7. The third kappa shape index (κ3) is 1.80. The van der Waals surface area contributed by atoms with Crippen molar-refractivity contribution in [2.45, 2.75) is 18.9 Å². The minimum atomic E-state index is -0.769. The van der Waals surface area contributed by atoms with Gasteiger partial charge in [-0.3, -0.25) is 4.79 Å². The van der Waals surface area contributed by atoms with Crippen molar-refractivity contribution in [3.05, 3.63) is 12.7 Å². The zero-order valence-electron chi connectivity index (χ0n) is 6.42. The van der Waals surface area contributed by atoms with Crippen molar-refractivity contribution in [2.24, 2.45) is 5.92 Å². The Labute approximate surface area is 66.1 Å². The van der Waals surface area contributed by atoms with Gasteiger partial charge in [-0.25, -0.2) is 0 Å². The Morgan fingerprint density at radius 3 is 2.91 bits per heavy atom. The first kappa shape index (κ1) is 8.27. The lowest BCUT2D eigenvalue weighted by Crippen LogP contribution is -2.46. The standard InChI is InChI=1S/C8H13NO2/c1-2-6-4-3-5-9-7(6)8(10)11/h2,6-7,9H,1,3-5H2,(H,10,11). The van der Waals surface area contributed by atoms with Gasteiger partial charge < -0.3 is 10.4 Å². The Balaban J connectivity index is 2.58. The molecule has 0 aromatic carbocycles. The average molecular weight is 155 g/mol. The topological polar surface area (TPSA) is 49.3 Å². The summed E-state index contributed by atoms with van der Waals surface area (Å²) in [6.07, 6.45) is 3.71. The summed E-state index contributed by atoms with van der Waals surface area (Å²) < 4.78 is 0. The molecule has 0 radical (unpaired) electrons. The van der Waals surface area contributed by atoms with E-state index in [2.05, 4.69) is 11.9 Å². The fourth-order valence-corrected chi connectivity index (χ4v) is 1.44. The van der Waals surface area contributed by atoms with Gasteiger partial charge in [0.05, 0.1) is 0 Å². The number of carboxylic acid groups (broad SMARTS) is 1. The van der Waals surface area contributed by atoms with Crippen molar-refractivity contribution in [1.29, 1.82) is 0 Å². The van der Waals surface area contributed by atoms with Crippen LogP contribution >= 0.6 is 0 Å². The molecule has 1 heterocycles. The van der Waals surface area contributed by atoms with Crippen LogP contribution in [0.4, 0.5) is 0 Å². The van der Waals surface area contributed by atoms with E-state index in [1.807, 2.05) is 0 Å². The fourth-order valence-electron chi connectivity index (χ4n) is 1.44. The maximum Gasteiger partial charge on any atom is 0.321 e. The Morgan fingerprint density at radius 1 is 1.73 bits per heavy atom. The molecule has 3 heteroatoms. The molecule has 0 saturated carbocycles. The molecule has 2 N–H and O–H groups in total. The molecular formula is C8H13NO2. The number of piperidine rings is 1. The van der Waals surface area contributed by atoms with Crippen LogP contribution in [0, 0.1) is 5.92 Å². The number of aliphatic carboxylic acids is 1. The van der Waals surface area contributed by atoms with Crippen LogP contribution in [0.25, 0.3) is 0 Å². The normalized spacial score (nSPS) is 31.3. The molecule has 3 nitrogen and oxygen atoms in total. The van der Waals surface area contributed by atoms with Crippen molar-refractivity contribution in [3.63, 3.8) is 0 Å². The second kappa shape index (κ2) is 3.53. The molecule has 1 fully saturated rings. The van der Waals surface area contributed by atoms with Crippen LogP contribution in [-0.4, -0.2) is 23.7 Å². The van der Waals surface area contributed by atoms with E-state index in [0.29, 0.717) is 0 Å². The van der Waals surface area contributed by atoms with E-state index in [9.17, 15) is 4.79 Å². The lowest BCUT2D eigenvalue weighted by molar-refractivity contribution is -0.141. The number of nitrogens with one attached hydrogen (secondary N) is 1. The number of hydrogen-bond acceptors (Lipinski definition) is 2. The second-order valence-corrected chi connectivity index (χ2v) is 2.81. The van der Waals surface area contributed by atoms with Crippen LogP contribution in [0.2, 0.25) is 0 Å². The molecule has 11 heavy (non-hydrogen) atoms. The van der Waals surface area contributed by atoms with Gasteiger partial charge in [0.25, 0.3) is 0 Å². The van der Waals surface area contributed by atoms with Crippen molar-refractivity contribution in [2.75, 3.05) is 6.54 Å². The molecule has 2 atom stereocenters. The van der Waals surface area contributed by atoms with E-state index in [-0.39, 0.29) is 5.92 Å².